The summed E-state index contributed by atoms with van der Waals surface area (Å²) < 4.78 is 2.29. The van der Waals surface area contributed by atoms with E-state index < -0.39 is 0 Å². The van der Waals surface area contributed by atoms with Gasteiger partial charge in [-0.15, -0.1) is 21.5 Å². The van der Waals surface area contributed by atoms with Crippen molar-refractivity contribution in [2.24, 2.45) is 10.9 Å². The molecule has 0 radical (unpaired) electrons. The Balaban J connectivity index is 1.35. The lowest BCUT2D eigenvalue weighted by molar-refractivity contribution is 0.140. The number of nitrogens with zero attached hydrogens (tertiary/aromatic N) is 5. The minimum absolute atomic E-state index is 0.389. The van der Waals surface area contributed by atoms with Gasteiger partial charge in [0.1, 0.15) is 5.82 Å². The van der Waals surface area contributed by atoms with E-state index in [4.69, 9.17) is 0 Å². The van der Waals surface area contributed by atoms with E-state index in [1.54, 1.807) is 0 Å². The first-order chi connectivity index (χ1) is 14.7. The number of likely N-dealkylation sites (tertiary alicyclic amines) is 1. The first-order valence-electron chi connectivity index (χ1n) is 11.4. The zero-order valence-corrected chi connectivity index (χ0v) is 19.1. The van der Waals surface area contributed by atoms with E-state index in [1.807, 2.05) is 18.4 Å². The fourth-order valence-electron chi connectivity index (χ4n) is 4.48. The zero-order valence-electron chi connectivity index (χ0n) is 18.3. The molecular formula is C22H35N7S. The molecule has 2 aliphatic rings. The predicted molar refractivity (Wildman–Crippen MR) is 123 cm³/mol. The smallest absolute Gasteiger partial charge is 0.191 e. The van der Waals surface area contributed by atoms with Crippen LogP contribution in [0.25, 0.3) is 0 Å². The van der Waals surface area contributed by atoms with Crippen LogP contribution in [0.3, 0.4) is 0 Å². The molecule has 4 rings (SSSR count). The molecule has 1 saturated heterocycles. The molecule has 1 atom stereocenters. The fourth-order valence-corrected chi connectivity index (χ4v) is 5.34. The van der Waals surface area contributed by atoms with Gasteiger partial charge in [-0.2, -0.15) is 0 Å². The molecule has 0 spiro atoms. The summed E-state index contributed by atoms with van der Waals surface area (Å²) in [4.78, 5) is 8.51. The highest BCUT2D eigenvalue weighted by Crippen LogP contribution is 2.29. The van der Waals surface area contributed by atoms with Crippen molar-refractivity contribution in [3.63, 3.8) is 0 Å². The van der Waals surface area contributed by atoms with E-state index in [2.05, 4.69) is 59.7 Å². The minimum atomic E-state index is 0.389. The summed E-state index contributed by atoms with van der Waals surface area (Å²) >= 11 is 1.85. The average Bonchev–Trinajstić information content (AvgIpc) is 3.37. The van der Waals surface area contributed by atoms with Crippen LogP contribution in [0.4, 0.5) is 0 Å². The number of thiophene rings is 1. The van der Waals surface area contributed by atoms with E-state index >= 15 is 0 Å². The van der Waals surface area contributed by atoms with Crippen LogP contribution in [0.2, 0.25) is 0 Å². The van der Waals surface area contributed by atoms with Crippen LogP contribution < -0.4 is 10.6 Å². The monoisotopic (exact) mass is 429 g/mol. The van der Waals surface area contributed by atoms with Crippen molar-refractivity contribution in [2.75, 3.05) is 26.7 Å². The zero-order chi connectivity index (χ0) is 20.8. The number of fused-ring (bicyclic) bond motifs is 1. The quantitative estimate of drug-likeness (QED) is 0.545. The lowest BCUT2D eigenvalue weighted by Crippen LogP contribution is -2.45. The van der Waals surface area contributed by atoms with E-state index in [0.29, 0.717) is 12.6 Å². The van der Waals surface area contributed by atoms with Gasteiger partial charge in [0.05, 0.1) is 12.6 Å². The highest BCUT2D eigenvalue weighted by atomic mass is 32.1. The summed E-state index contributed by atoms with van der Waals surface area (Å²) in [7, 11) is 1.84. The summed E-state index contributed by atoms with van der Waals surface area (Å²) in [6.07, 6.45) is 7.31. The largest absolute Gasteiger partial charge is 0.354 e. The van der Waals surface area contributed by atoms with Crippen molar-refractivity contribution in [1.29, 1.82) is 0 Å². The Morgan fingerprint density at radius 1 is 1.20 bits per heavy atom. The van der Waals surface area contributed by atoms with Gasteiger partial charge in [-0.3, -0.25) is 9.89 Å². The van der Waals surface area contributed by atoms with Gasteiger partial charge in [0.15, 0.2) is 11.8 Å². The highest BCUT2D eigenvalue weighted by Gasteiger charge is 2.25. The number of guanidine groups is 1. The Morgan fingerprint density at radius 3 is 2.83 bits per heavy atom. The van der Waals surface area contributed by atoms with Crippen molar-refractivity contribution < 1.29 is 0 Å². The van der Waals surface area contributed by atoms with E-state index in [9.17, 15) is 0 Å². The van der Waals surface area contributed by atoms with Gasteiger partial charge in [0.2, 0.25) is 0 Å². The first-order valence-corrected chi connectivity index (χ1v) is 12.3. The molecule has 0 bridgehead atoms. The molecule has 7 nitrogen and oxygen atoms in total. The first kappa shape index (κ1) is 21.3. The van der Waals surface area contributed by atoms with Crippen molar-refractivity contribution in [1.82, 2.24) is 30.3 Å². The molecule has 1 fully saturated rings. The molecule has 0 saturated carbocycles. The number of hydrogen-bond donors (Lipinski definition) is 2. The molecule has 4 heterocycles. The second kappa shape index (κ2) is 10.4. The molecular weight excluding hydrogens is 394 g/mol. The lowest BCUT2D eigenvalue weighted by atomic mass is 9.97. The topological polar surface area (TPSA) is 70.4 Å². The molecule has 8 heteroatoms. The van der Waals surface area contributed by atoms with Crippen LogP contribution in [-0.2, 0) is 19.5 Å². The number of nitrogens with one attached hydrogen (secondary N) is 2. The Kier molecular flexibility index (Phi) is 7.38. The Morgan fingerprint density at radius 2 is 2.07 bits per heavy atom. The normalized spacial score (nSPS) is 19.9. The van der Waals surface area contributed by atoms with Crippen LogP contribution >= 0.6 is 11.3 Å². The maximum absolute atomic E-state index is 4.45. The van der Waals surface area contributed by atoms with Gasteiger partial charge in [0, 0.05) is 31.4 Å². The average molecular weight is 430 g/mol. The molecule has 2 N–H and O–H groups in total. The number of aryl methyl sites for hydroxylation is 1. The van der Waals surface area contributed by atoms with Crippen molar-refractivity contribution in [2.45, 2.75) is 64.6 Å². The molecule has 0 aromatic carbocycles. The summed E-state index contributed by atoms with van der Waals surface area (Å²) in [5.74, 6) is 3.80. The van der Waals surface area contributed by atoms with Crippen molar-refractivity contribution >= 4 is 17.3 Å². The third-order valence-corrected chi connectivity index (χ3v) is 7.39. The SMILES string of the molecule is CN=C(NCc1nnc2n1CCCCC2)NCC(c1cccs1)N1CCC(C)CC1. The van der Waals surface area contributed by atoms with Crippen LogP contribution in [0, 0.1) is 5.92 Å². The van der Waals surface area contributed by atoms with Gasteiger partial charge in [-0.05, 0) is 56.1 Å². The molecule has 2 aromatic heterocycles. The Bertz CT molecular complexity index is 806. The third-order valence-electron chi connectivity index (χ3n) is 6.42. The second-order valence-corrected chi connectivity index (χ2v) is 9.53. The second-order valence-electron chi connectivity index (χ2n) is 8.55. The number of piperidine rings is 1. The van der Waals surface area contributed by atoms with Gasteiger partial charge >= 0.3 is 0 Å². The van der Waals surface area contributed by atoms with E-state index in [0.717, 1.165) is 43.0 Å². The number of hydrogen-bond acceptors (Lipinski definition) is 5. The molecule has 0 amide bonds. The number of aromatic nitrogens is 3. The van der Waals surface area contributed by atoms with Gasteiger partial charge < -0.3 is 15.2 Å². The molecule has 2 aromatic rings. The molecule has 1 unspecified atom stereocenters. The summed E-state index contributed by atoms with van der Waals surface area (Å²) in [6.45, 7) is 7.24. The standard InChI is InChI=1S/C22H35N7S/c1-17-9-12-28(13-10-17)18(19-7-6-14-30-19)15-24-22(23-2)25-16-21-27-26-20-8-4-3-5-11-29(20)21/h6-7,14,17-18H,3-5,8-13,15-16H2,1-2H3,(H2,23,24,25). The molecule has 0 aliphatic carbocycles. The van der Waals surface area contributed by atoms with Crippen LogP contribution in [0.5, 0.6) is 0 Å². The lowest BCUT2D eigenvalue weighted by Gasteiger charge is -2.36. The van der Waals surface area contributed by atoms with Gasteiger partial charge in [-0.25, -0.2) is 0 Å². The van der Waals surface area contributed by atoms with Crippen LogP contribution in [0.15, 0.2) is 22.5 Å². The summed E-state index contributed by atoms with van der Waals surface area (Å²) in [5.41, 5.74) is 0. The Labute approximate surface area is 184 Å². The molecule has 30 heavy (non-hydrogen) atoms. The highest BCUT2D eigenvalue weighted by molar-refractivity contribution is 7.10. The predicted octanol–water partition coefficient (Wildman–Crippen LogP) is 3.20. The number of rotatable bonds is 6. The van der Waals surface area contributed by atoms with Crippen molar-refractivity contribution in [3.05, 3.63) is 34.0 Å². The maximum Gasteiger partial charge on any atom is 0.191 e. The van der Waals surface area contributed by atoms with Crippen molar-refractivity contribution in [3.8, 4) is 0 Å². The number of aliphatic imine (C=N–C) groups is 1. The van der Waals surface area contributed by atoms with Gasteiger partial charge in [-0.1, -0.05) is 19.4 Å². The fraction of sp³-hybridized carbons (Fsp3) is 0.682. The third kappa shape index (κ3) is 5.21. The minimum Gasteiger partial charge on any atom is -0.354 e. The van der Waals surface area contributed by atoms with E-state index in [1.165, 1.54) is 50.1 Å². The van der Waals surface area contributed by atoms with Crippen LogP contribution in [0.1, 0.15) is 61.6 Å². The van der Waals surface area contributed by atoms with E-state index in [-0.39, 0.29) is 0 Å². The Hall–Kier alpha value is -1.93. The summed E-state index contributed by atoms with van der Waals surface area (Å²) in [5, 5.41) is 18.0. The van der Waals surface area contributed by atoms with Gasteiger partial charge in [0.25, 0.3) is 0 Å². The molecule has 164 valence electrons. The summed E-state index contributed by atoms with van der Waals surface area (Å²) in [6, 6.07) is 4.81. The maximum atomic E-state index is 4.45. The van der Waals surface area contributed by atoms with Crippen LogP contribution in [-0.4, -0.2) is 52.3 Å². The molecule has 2 aliphatic heterocycles.